The van der Waals surface area contributed by atoms with Crippen LogP contribution in [-0.2, 0) is 0 Å². The Bertz CT molecular complexity index is 316. The molecule has 3 nitrogen and oxygen atoms in total. The normalized spacial score (nSPS) is 18.5. The minimum absolute atomic E-state index is 0.818. The molecule has 0 unspecified atom stereocenters. The molecule has 0 aliphatic carbocycles. The maximum atomic E-state index is 10.5. The lowest BCUT2D eigenvalue weighted by Crippen LogP contribution is -2.44. The predicted molar refractivity (Wildman–Crippen MR) is 59.4 cm³/mol. The monoisotopic (exact) mass is 210 g/mol. The lowest BCUT2D eigenvalue weighted by molar-refractivity contribution is 0.112. The van der Waals surface area contributed by atoms with Gasteiger partial charge >= 0.3 is 0 Å². The van der Waals surface area contributed by atoms with Gasteiger partial charge in [0.15, 0.2) is 6.29 Å². The fraction of sp³-hybridized carbons (Fsp3) is 0.500. The van der Waals surface area contributed by atoms with Crippen LogP contribution < -0.4 is 4.90 Å². The first-order chi connectivity index (χ1) is 6.79. The van der Waals surface area contributed by atoms with Crippen LogP contribution in [-0.4, -0.2) is 44.4 Å². The largest absolute Gasteiger partial charge is 0.368 e. The lowest BCUT2D eigenvalue weighted by Gasteiger charge is -2.33. The van der Waals surface area contributed by atoms with Gasteiger partial charge in [0.05, 0.1) is 4.88 Å². The van der Waals surface area contributed by atoms with E-state index in [4.69, 9.17) is 0 Å². The van der Waals surface area contributed by atoms with Crippen molar-refractivity contribution < 1.29 is 4.79 Å². The summed E-state index contributed by atoms with van der Waals surface area (Å²) >= 11 is 1.52. The highest BCUT2D eigenvalue weighted by Crippen LogP contribution is 2.22. The zero-order chi connectivity index (χ0) is 9.97. The molecule has 76 valence electrons. The number of carbonyl (C=O) groups excluding carboxylic acids is 1. The number of carbonyl (C=O) groups is 1. The second kappa shape index (κ2) is 4.11. The smallest absolute Gasteiger partial charge is 0.160 e. The summed E-state index contributed by atoms with van der Waals surface area (Å²) in [6.45, 7) is 4.33. The maximum absolute atomic E-state index is 10.5. The highest BCUT2D eigenvalue weighted by Gasteiger charge is 2.14. The standard InChI is InChI=1S/C10H14N2OS/c1-11-2-4-12(5-3-11)9-6-10(7-13)14-8-9/h6-8H,2-5H2,1H3. The van der Waals surface area contributed by atoms with Gasteiger partial charge in [-0.1, -0.05) is 0 Å². The zero-order valence-electron chi connectivity index (χ0n) is 8.27. The average Bonchev–Trinajstić information content (AvgIpc) is 2.67. The molecule has 1 aromatic heterocycles. The summed E-state index contributed by atoms with van der Waals surface area (Å²) in [5.41, 5.74) is 1.20. The van der Waals surface area contributed by atoms with E-state index in [1.54, 1.807) is 0 Å². The minimum Gasteiger partial charge on any atom is -0.368 e. The number of hydrogen-bond donors (Lipinski definition) is 0. The van der Waals surface area contributed by atoms with Crippen molar-refractivity contribution in [1.29, 1.82) is 0 Å². The molecule has 1 aromatic rings. The van der Waals surface area contributed by atoms with Crippen LogP contribution in [0, 0.1) is 0 Å². The topological polar surface area (TPSA) is 23.6 Å². The van der Waals surface area contributed by atoms with E-state index in [2.05, 4.69) is 22.2 Å². The van der Waals surface area contributed by atoms with Gasteiger partial charge in [0, 0.05) is 37.2 Å². The molecule has 2 rings (SSSR count). The molecule has 0 atom stereocenters. The molecule has 0 radical (unpaired) electrons. The molecule has 1 aliphatic rings. The maximum Gasteiger partial charge on any atom is 0.160 e. The van der Waals surface area contributed by atoms with Crippen LogP contribution in [0.15, 0.2) is 11.4 Å². The number of aldehydes is 1. The van der Waals surface area contributed by atoms with Gasteiger partial charge in [-0.2, -0.15) is 0 Å². The SMILES string of the molecule is CN1CCN(c2csc(C=O)c2)CC1. The summed E-state index contributed by atoms with van der Waals surface area (Å²) in [6, 6.07) is 1.98. The molecular formula is C10H14N2OS. The highest BCUT2D eigenvalue weighted by atomic mass is 32.1. The van der Waals surface area contributed by atoms with Gasteiger partial charge in [0.25, 0.3) is 0 Å². The Hall–Kier alpha value is -0.870. The first-order valence-corrected chi connectivity index (χ1v) is 5.65. The summed E-state index contributed by atoms with van der Waals surface area (Å²) in [4.78, 5) is 16.0. The van der Waals surface area contributed by atoms with Crippen LogP contribution in [0.2, 0.25) is 0 Å². The molecule has 0 spiro atoms. The molecule has 1 saturated heterocycles. The van der Waals surface area contributed by atoms with E-state index >= 15 is 0 Å². The van der Waals surface area contributed by atoms with Gasteiger partial charge < -0.3 is 9.80 Å². The average molecular weight is 210 g/mol. The van der Waals surface area contributed by atoms with Crippen molar-refractivity contribution in [1.82, 2.24) is 4.90 Å². The summed E-state index contributed by atoms with van der Waals surface area (Å²) in [5.74, 6) is 0. The molecule has 0 bridgehead atoms. The van der Waals surface area contributed by atoms with Crippen molar-refractivity contribution in [3.05, 3.63) is 16.3 Å². The number of likely N-dealkylation sites (N-methyl/N-ethyl adjacent to an activating group) is 1. The number of piperazine rings is 1. The van der Waals surface area contributed by atoms with E-state index in [0.29, 0.717) is 0 Å². The molecule has 0 amide bonds. The van der Waals surface area contributed by atoms with Crippen LogP contribution in [0.25, 0.3) is 0 Å². The first kappa shape index (κ1) is 9.68. The third kappa shape index (κ3) is 1.96. The van der Waals surface area contributed by atoms with Gasteiger partial charge in [-0.25, -0.2) is 0 Å². The van der Waals surface area contributed by atoms with E-state index in [1.807, 2.05) is 6.07 Å². The number of nitrogens with zero attached hydrogens (tertiary/aromatic N) is 2. The van der Waals surface area contributed by atoms with Crippen molar-refractivity contribution >= 4 is 23.3 Å². The third-order valence-corrected chi connectivity index (χ3v) is 3.44. The summed E-state index contributed by atoms with van der Waals surface area (Å²) in [5, 5.41) is 2.06. The Morgan fingerprint density at radius 3 is 2.64 bits per heavy atom. The van der Waals surface area contributed by atoms with Crippen LogP contribution in [0.5, 0.6) is 0 Å². The highest BCUT2D eigenvalue weighted by molar-refractivity contribution is 7.12. The Morgan fingerprint density at radius 1 is 1.36 bits per heavy atom. The fourth-order valence-corrected chi connectivity index (χ4v) is 2.35. The van der Waals surface area contributed by atoms with Gasteiger partial charge in [-0.15, -0.1) is 11.3 Å². The fourth-order valence-electron chi connectivity index (χ4n) is 1.63. The number of anilines is 1. The van der Waals surface area contributed by atoms with Crippen molar-refractivity contribution in [2.45, 2.75) is 0 Å². The molecule has 0 N–H and O–H groups in total. The zero-order valence-corrected chi connectivity index (χ0v) is 9.09. The summed E-state index contributed by atoms with van der Waals surface area (Å²) < 4.78 is 0. The van der Waals surface area contributed by atoms with Crippen LogP contribution >= 0.6 is 11.3 Å². The van der Waals surface area contributed by atoms with Gasteiger partial charge in [-0.3, -0.25) is 4.79 Å². The summed E-state index contributed by atoms with van der Waals surface area (Å²) in [7, 11) is 2.14. The van der Waals surface area contributed by atoms with E-state index in [0.717, 1.165) is 37.3 Å². The molecular weight excluding hydrogens is 196 g/mol. The Labute approximate surface area is 87.9 Å². The lowest BCUT2D eigenvalue weighted by atomic mass is 10.3. The number of rotatable bonds is 2. The first-order valence-electron chi connectivity index (χ1n) is 4.77. The Kier molecular flexibility index (Phi) is 2.84. The van der Waals surface area contributed by atoms with Gasteiger partial charge in [0.1, 0.15) is 0 Å². The Balaban J connectivity index is 2.04. The molecule has 1 fully saturated rings. The third-order valence-electron chi connectivity index (χ3n) is 2.59. The van der Waals surface area contributed by atoms with Crippen LogP contribution in [0.3, 0.4) is 0 Å². The van der Waals surface area contributed by atoms with Crippen molar-refractivity contribution in [2.24, 2.45) is 0 Å². The molecule has 1 aliphatic heterocycles. The van der Waals surface area contributed by atoms with E-state index in [1.165, 1.54) is 17.0 Å². The quantitative estimate of drug-likeness (QED) is 0.688. The van der Waals surface area contributed by atoms with Crippen molar-refractivity contribution in [3.8, 4) is 0 Å². The van der Waals surface area contributed by atoms with E-state index in [-0.39, 0.29) is 0 Å². The predicted octanol–water partition coefficient (Wildman–Crippen LogP) is 1.31. The summed E-state index contributed by atoms with van der Waals surface area (Å²) in [6.07, 6.45) is 0.921. The number of hydrogen-bond acceptors (Lipinski definition) is 4. The minimum atomic E-state index is 0.818. The molecule has 4 heteroatoms. The van der Waals surface area contributed by atoms with Gasteiger partial charge in [-0.05, 0) is 13.1 Å². The van der Waals surface area contributed by atoms with Crippen LogP contribution in [0.1, 0.15) is 9.67 Å². The Morgan fingerprint density at radius 2 is 2.07 bits per heavy atom. The molecule has 0 aromatic carbocycles. The molecule has 0 saturated carbocycles. The van der Waals surface area contributed by atoms with E-state index < -0.39 is 0 Å². The number of thiophene rings is 1. The second-order valence-electron chi connectivity index (χ2n) is 3.62. The second-order valence-corrected chi connectivity index (χ2v) is 4.56. The molecule has 14 heavy (non-hydrogen) atoms. The van der Waals surface area contributed by atoms with Crippen LogP contribution in [0.4, 0.5) is 5.69 Å². The molecule has 2 heterocycles. The van der Waals surface area contributed by atoms with Gasteiger partial charge in [0.2, 0.25) is 0 Å². The van der Waals surface area contributed by atoms with Crippen molar-refractivity contribution in [2.75, 3.05) is 38.1 Å². The van der Waals surface area contributed by atoms with Crippen molar-refractivity contribution in [3.63, 3.8) is 0 Å². The van der Waals surface area contributed by atoms with E-state index in [9.17, 15) is 4.79 Å².